The van der Waals surface area contributed by atoms with Crippen molar-refractivity contribution in [3.05, 3.63) is 47.3 Å². The van der Waals surface area contributed by atoms with Gasteiger partial charge in [-0.25, -0.2) is 4.68 Å². The van der Waals surface area contributed by atoms with E-state index in [2.05, 4.69) is 12.1 Å². The predicted octanol–water partition coefficient (Wildman–Crippen LogP) is 3.00. The van der Waals surface area contributed by atoms with Gasteiger partial charge in [0, 0.05) is 24.3 Å². The Balaban J connectivity index is 1.74. The minimum absolute atomic E-state index is 0.0583. The van der Waals surface area contributed by atoms with Crippen LogP contribution in [0.15, 0.2) is 30.3 Å². The molecule has 1 aliphatic heterocycles. The van der Waals surface area contributed by atoms with Crippen molar-refractivity contribution in [3.63, 3.8) is 0 Å². The maximum Gasteiger partial charge on any atom is 0.274 e. The van der Waals surface area contributed by atoms with Crippen molar-refractivity contribution >= 4 is 5.91 Å². The molecule has 5 nitrogen and oxygen atoms in total. The number of fused-ring (bicyclic) bond motifs is 1. The van der Waals surface area contributed by atoms with Gasteiger partial charge in [-0.05, 0) is 44.7 Å². The number of benzene rings is 1. The maximum absolute atomic E-state index is 13.2. The number of carbonyl (C=O) groups is 1. The van der Waals surface area contributed by atoms with Crippen LogP contribution in [0, 0.1) is 0 Å². The minimum Gasteiger partial charge on any atom is -0.375 e. The van der Waals surface area contributed by atoms with E-state index in [1.165, 1.54) is 12.1 Å². The van der Waals surface area contributed by atoms with Gasteiger partial charge in [0.15, 0.2) is 5.69 Å². The van der Waals surface area contributed by atoms with E-state index < -0.39 is 0 Å². The van der Waals surface area contributed by atoms with Gasteiger partial charge in [-0.1, -0.05) is 24.6 Å². The molecule has 0 unspecified atom stereocenters. The molecular weight excluding hydrogens is 314 g/mol. The second kappa shape index (κ2) is 7.00. The summed E-state index contributed by atoms with van der Waals surface area (Å²) in [5.41, 5.74) is 4.06. The minimum atomic E-state index is 0.0583. The van der Waals surface area contributed by atoms with Crippen LogP contribution in [-0.4, -0.2) is 46.4 Å². The van der Waals surface area contributed by atoms with Gasteiger partial charge in [0.25, 0.3) is 5.91 Å². The summed E-state index contributed by atoms with van der Waals surface area (Å²) >= 11 is 0. The highest BCUT2D eigenvalue weighted by atomic mass is 16.5. The molecule has 2 heterocycles. The molecule has 25 heavy (non-hydrogen) atoms. The van der Waals surface area contributed by atoms with Crippen LogP contribution in [0.4, 0.5) is 0 Å². The summed E-state index contributed by atoms with van der Waals surface area (Å²) in [7, 11) is 0. The Labute approximate surface area is 148 Å². The maximum atomic E-state index is 13.2. The van der Waals surface area contributed by atoms with Crippen molar-refractivity contribution in [1.82, 2.24) is 14.7 Å². The van der Waals surface area contributed by atoms with Crippen LogP contribution >= 0.6 is 0 Å². The van der Waals surface area contributed by atoms with Gasteiger partial charge < -0.3 is 9.64 Å². The van der Waals surface area contributed by atoms with Crippen LogP contribution in [0.1, 0.15) is 47.9 Å². The molecule has 0 spiro atoms. The molecule has 5 heteroatoms. The smallest absolute Gasteiger partial charge is 0.274 e. The first-order valence-corrected chi connectivity index (χ1v) is 9.31. The van der Waals surface area contributed by atoms with E-state index in [4.69, 9.17) is 9.84 Å². The molecule has 2 aromatic rings. The molecule has 0 N–H and O–H groups in total. The molecule has 2 aliphatic rings. The van der Waals surface area contributed by atoms with Crippen molar-refractivity contribution in [3.8, 4) is 5.69 Å². The van der Waals surface area contributed by atoms with Crippen LogP contribution in [-0.2, 0) is 17.6 Å². The summed E-state index contributed by atoms with van der Waals surface area (Å²) in [6, 6.07) is 10.2. The highest BCUT2D eigenvalue weighted by Gasteiger charge is 2.29. The highest BCUT2D eigenvalue weighted by Crippen LogP contribution is 2.27. The third-order valence-corrected chi connectivity index (χ3v) is 5.16. The number of ether oxygens (including phenoxy) is 1. The zero-order valence-corrected chi connectivity index (χ0v) is 14.8. The number of hydrogen-bond donors (Lipinski definition) is 0. The van der Waals surface area contributed by atoms with Crippen molar-refractivity contribution in [2.75, 3.05) is 19.7 Å². The van der Waals surface area contributed by atoms with Crippen LogP contribution in [0.2, 0.25) is 0 Å². The monoisotopic (exact) mass is 339 g/mol. The molecule has 0 radical (unpaired) electrons. The molecule has 1 aliphatic carbocycles. The second-order valence-electron chi connectivity index (χ2n) is 7.01. The van der Waals surface area contributed by atoms with Gasteiger partial charge >= 0.3 is 0 Å². The van der Waals surface area contributed by atoms with E-state index in [9.17, 15) is 4.79 Å². The lowest BCUT2D eigenvalue weighted by molar-refractivity contribution is -0.0126. The largest absolute Gasteiger partial charge is 0.375 e. The van der Waals surface area contributed by atoms with E-state index in [1.807, 2.05) is 34.7 Å². The number of nitrogens with zero attached hydrogens (tertiary/aromatic N) is 3. The molecule has 1 fully saturated rings. The Hall–Kier alpha value is -2.14. The molecular formula is C20H25N3O2. The van der Waals surface area contributed by atoms with Crippen LogP contribution in [0.5, 0.6) is 0 Å². The number of hydrogen-bond acceptors (Lipinski definition) is 3. The van der Waals surface area contributed by atoms with Crippen LogP contribution < -0.4 is 0 Å². The SMILES string of the molecule is C[C@H]1CN(C(=O)c2nn(-c3ccccc3)c3c2CCCCC3)CCO1. The molecule has 132 valence electrons. The van der Waals surface area contributed by atoms with Gasteiger partial charge in [0.05, 0.1) is 18.4 Å². The Morgan fingerprint density at radius 3 is 2.76 bits per heavy atom. The number of amides is 1. The molecule has 1 aromatic heterocycles. The summed E-state index contributed by atoms with van der Waals surface area (Å²) in [6.45, 7) is 3.92. The third kappa shape index (κ3) is 3.21. The lowest BCUT2D eigenvalue weighted by Gasteiger charge is -2.30. The van der Waals surface area contributed by atoms with Crippen LogP contribution in [0.3, 0.4) is 0 Å². The normalized spacial score (nSPS) is 20.8. The predicted molar refractivity (Wildman–Crippen MR) is 96.1 cm³/mol. The average molecular weight is 339 g/mol. The molecule has 0 saturated carbocycles. The van der Waals surface area contributed by atoms with E-state index in [0.717, 1.165) is 36.9 Å². The first kappa shape index (κ1) is 16.3. The van der Waals surface area contributed by atoms with E-state index in [-0.39, 0.29) is 12.0 Å². The summed E-state index contributed by atoms with van der Waals surface area (Å²) in [5, 5.41) is 4.79. The van der Waals surface area contributed by atoms with Crippen LogP contribution in [0.25, 0.3) is 5.69 Å². The molecule has 4 rings (SSSR count). The summed E-state index contributed by atoms with van der Waals surface area (Å²) in [5.74, 6) is 0.0583. The van der Waals surface area contributed by atoms with Crippen molar-refractivity contribution in [2.45, 2.75) is 45.1 Å². The lowest BCUT2D eigenvalue weighted by Crippen LogP contribution is -2.44. The number of rotatable bonds is 2. The zero-order chi connectivity index (χ0) is 17.2. The second-order valence-corrected chi connectivity index (χ2v) is 7.01. The van der Waals surface area contributed by atoms with Gasteiger partial charge in [0.2, 0.25) is 0 Å². The van der Waals surface area contributed by atoms with Crippen molar-refractivity contribution < 1.29 is 9.53 Å². The molecule has 1 amide bonds. The zero-order valence-electron chi connectivity index (χ0n) is 14.8. The fourth-order valence-electron chi connectivity index (χ4n) is 3.88. The summed E-state index contributed by atoms with van der Waals surface area (Å²) in [4.78, 5) is 15.1. The standard InChI is InChI=1S/C20H25N3O2/c1-15-14-22(12-13-25-15)20(24)19-17-10-6-3-7-11-18(17)23(21-19)16-8-4-2-5-9-16/h2,4-5,8-9,15H,3,6-7,10-14H2,1H3/t15-/m0/s1. The summed E-state index contributed by atoms with van der Waals surface area (Å²) < 4.78 is 7.58. The Morgan fingerprint density at radius 2 is 1.96 bits per heavy atom. The van der Waals surface area contributed by atoms with Crippen molar-refractivity contribution in [2.24, 2.45) is 0 Å². The Morgan fingerprint density at radius 1 is 1.16 bits per heavy atom. The van der Waals surface area contributed by atoms with Gasteiger partial charge in [-0.3, -0.25) is 4.79 Å². The highest BCUT2D eigenvalue weighted by molar-refractivity contribution is 5.94. The Bertz CT molecular complexity index is 754. The fraction of sp³-hybridized carbons (Fsp3) is 0.500. The van der Waals surface area contributed by atoms with E-state index >= 15 is 0 Å². The number of carbonyl (C=O) groups excluding carboxylic acids is 1. The summed E-state index contributed by atoms with van der Waals surface area (Å²) in [6.07, 6.45) is 5.53. The number of aromatic nitrogens is 2. The topological polar surface area (TPSA) is 47.4 Å². The molecule has 1 atom stereocenters. The first-order chi connectivity index (χ1) is 12.2. The van der Waals surface area contributed by atoms with Gasteiger partial charge in [-0.15, -0.1) is 0 Å². The number of morpholine rings is 1. The number of para-hydroxylation sites is 1. The first-order valence-electron chi connectivity index (χ1n) is 9.31. The van der Waals surface area contributed by atoms with Gasteiger partial charge in [0.1, 0.15) is 0 Å². The molecule has 0 bridgehead atoms. The lowest BCUT2D eigenvalue weighted by atomic mass is 10.1. The average Bonchev–Trinajstić information content (AvgIpc) is 2.83. The Kier molecular flexibility index (Phi) is 4.57. The van der Waals surface area contributed by atoms with E-state index in [1.54, 1.807) is 0 Å². The van der Waals surface area contributed by atoms with Gasteiger partial charge in [-0.2, -0.15) is 5.10 Å². The molecule has 1 aromatic carbocycles. The van der Waals surface area contributed by atoms with Crippen molar-refractivity contribution in [1.29, 1.82) is 0 Å². The molecule has 1 saturated heterocycles. The quantitative estimate of drug-likeness (QED) is 0.790. The fourth-order valence-corrected chi connectivity index (χ4v) is 3.88. The third-order valence-electron chi connectivity index (χ3n) is 5.16. The van der Waals surface area contributed by atoms with E-state index in [0.29, 0.717) is 25.4 Å².